The number of aliphatic hydroxyl groups excluding tert-OH is 2. The minimum absolute atomic E-state index is 0.129. The molecule has 10 heteroatoms. The van der Waals surface area contributed by atoms with Gasteiger partial charge in [0.15, 0.2) is 16.8 Å². The molecule has 1 aromatic rings. The molecular formula is C10H12F2N2O4S2. The van der Waals surface area contributed by atoms with Crippen LogP contribution < -0.4 is 0 Å². The van der Waals surface area contributed by atoms with Gasteiger partial charge in [-0.3, -0.25) is 4.57 Å². The smallest absolute Gasteiger partial charge is 0.263 e. The van der Waals surface area contributed by atoms with Crippen LogP contribution in [0.1, 0.15) is 13.2 Å². The van der Waals surface area contributed by atoms with Crippen molar-refractivity contribution in [3.8, 4) is 0 Å². The Morgan fingerprint density at radius 2 is 2.15 bits per heavy atom. The van der Waals surface area contributed by atoms with Crippen LogP contribution in [0, 0.1) is 15.2 Å². The van der Waals surface area contributed by atoms with Crippen LogP contribution in [0.2, 0.25) is 0 Å². The van der Waals surface area contributed by atoms with Crippen LogP contribution in [0.4, 0.5) is 8.78 Å². The van der Waals surface area contributed by atoms with E-state index < -0.39 is 36.2 Å². The predicted octanol–water partition coefficient (Wildman–Crippen LogP) is 0.713. The van der Waals surface area contributed by atoms with E-state index in [4.69, 9.17) is 22.1 Å². The van der Waals surface area contributed by atoms with Crippen molar-refractivity contribution in [2.24, 2.45) is 0 Å². The lowest BCUT2D eigenvalue weighted by Gasteiger charge is -2.27. The van der Waals surface area contributed by atoms with Gasteiger partial charge in [0.25, 0.3) is 5.85 Å². The van der Waals surface area contributed by atoms with Gasteiger partial charge in [0.1, 0.15) is 23.0 Å². The summed E-state index contributed by atoms with van der Waals surface area (Å²) in [5.74, 6) is -3.74. The fraction of sp³-hybridized carbons (Fsp3) is 0.600. The van der Waals surface area contributed by atoms with Gasteiger partial charge in [0.05, 0.1) is 0 Å². The van der Waals surface area contributed by atoms with Crippen LogP contribution in [-0.2, 0) is 4.74 Å². The van der Waals surface area contributed by atoms with E-state index in [1.165, 1.54) is 0 Å². The Morgan fingerprint density at radius 1 is 1.55 bits per heavy atom. The van der Waals surface area contributed by atoms with Crippen molar-refractivity contribution in [1.29, 1.82) is 0 Å². The molecule has 1 unspecified atom stereocenters. The highest BCUT2D eigenvalue weighted by Gasteiger charge is 2.62. The highest BCUT2D eigenvalue weighted by Crippen LogP contribution is 2.44. The van der Waals surface area contributed by atoms with Gasteiger partial charge in [-0.25, -0.2) is 8.78 Å². The summed E-state index contributed by atoms with van der Waals surface area (Å²) in [5, 5.41) is 28.9. The molecule has 1 aliphatic rings. The summed E-state index contributed by atoms with van der Waals surface area (Å²) < 4.78 is 33.0. The van der Waals surface area contributed by atoms with E-state index in [9.17, 15) is 19.0 Å². The molecule has 0 aromatic carbocycles. The number of aromatic amines is 1. The number of H-pyrrole nitrogens is 1. The Balaban J connectivity index is 2.57. The molecular weight excluding hydrogens is 314 g/mol. The Morgan fingerprint density at radius 3 is 2.65 bits per heavy atom. The Bertz CT molecular complexity index is 647. The van der Waals surface area contributed by atoms with Crippen LogP contribution >= 0.6 is 24.4 Å². The predicted molar refractivity (Wildman–Crippen MR) is 68.1 cm³/mol. The second-order valence-electron chi connectivity index (χ2n) is 4.69. The van der Waals surface area contributed by atoms with Gasteiger partial charge in [0, 0.05) is 6.20 Å². The van der Waals surface area contributed by atoms with Crippen LogP contribution in [0.5, 0.6) is 0 Å². The first-order valence-corrected chi connectivity index (χ1v) is 6.34. The zero-order valence-electron chi connectivity index (χ0n) is 10.2. The van der Waals surface area contributed by atoms with Crippen molar-refractivity contribution >= 4 is 24.4 Å². The number of hydrogen-bond donors (Lipinski definition) is 4. The average molecular weight is 326 g/mol. The van der Waals surface area contributed by atoms with Crippen molar-refractivity contribution in [2.75, 3.05) is 6.61 Å². The zero-order valence-corrected chi connectivity index (χ0v) is 11.8. The molecule has 20 heavy (non-hydrogen) atoms. The first kappa shape index (κ1) is 15.6. The van der Waals surface area contributed by atoms with E-state index in [-0.39, 0.29) is 9.41 Å². The molecule has 4 N–H and O–H groups in total. The first-order valence-electron chi connectivity index (χ1n) is 5.52. The molecule has 1 saturated heterocycles. The highest BCUT2D eigenvalue weighted by atomic mass is 32.1. The van der Waals surface area contributed by atoms with E-state index in [1.54, 1.807) is 0 Å². The van der Waals surface area contributed by atoms with Gasteiger partial charge in [0.2, 0.25) is 0 Å². The third-order valence-corrected chi connectivity index (χ3v) is 3.77. The van der Waals surface area contributed by atoms with E-state index in [2.05, 4.69) is 17.2 Å². The maximum atomic E-state index is 14.1. The van der Waals surface area contributed by atoms with E-state index in [1.807, 2.05) is 0 Å². The summed E-state index contributed by atoms with van der Waals surface area (Å²) in [6, 6.07) is 0. The molecule has 112 valence electrons. The summed E-state index contributed by atoms with van der Waals surface area (Å²) in [6.45, 7) is -0.0972. The molecule has 0 bridgehead atoms. The molecule has 2 rings (SSSR count). The SMILES string of the molecule is C[C@@]1(O)C(O)[C@@](F)(CO)O[C@H]1n1cc(F)c(=S)[nH]c1=S. The van der Waals surface area contributed by atoms with Crippen molar-refractivity contribution in [2.45, 2.75) is 30.7 Å². The lowest BCUT2D eigenvalue weighted by molar-refractivity contribution is -0.207. The number of alkyl halides is 1. The lowest BCUT2D eigenvalue weighted by atomic mass is 9.95. The van der Waals surface area contributed by atoms with Crippen LogP contribution in [-0.4, -0.2) is 49.0 Å². The second-order valence-corrected chi connectivity index (χ2v) is 5.48. The Kier molecular flexibility index (Phi) is 3.82. The lowest BCUT2D eigenvalue weighted by Crippen LogP contribution is -2.48. The molecule has 0 spiro atoms. The van der Waals surface area contributed by atoms with Crippen molar-refractivity contribution < 1.29 is 28.8 Å². The van der Waals surface area contributed by atoms with Crippen LogP contribution in [0.15, 0.2) is 6.20 Å². The van der Waals surface area contributed by atoms with E-state index >= 15 is 0 Å². The summed E-state index contributed by atoms with van der Waals surface area (Å²) in [4.78, 5) is 2.34. The molecule has 1 fully saturated rings. The van der Waals surface area contributed by atoms with E-state index in [0.29, 0.717) is 0 Å². The van der Waals surface area contributed by atoms with Gasteiger partial charge in [-0.1, -0.05) is 12.2 Å². The Hall–Kier alpha value is -0.780. The van der Waals surface area contributed by atoms with Gasteiger partial charge < -0.3 is 25.0 Å². The van der Waals surface area contributed by atoms with Gasteiger partial charge >= 0.3 is 0 Å². The maximum Gasteiger partial charge on any atom is 0.263 e. The van der Waals surface area contributed by atoms with Gasteiger partial charge in [-0.05, 0) is 19.1 Å². The van der Waals surface area contributed by atoms with E-state index in [0.717, 1.165) is 17.7 Å². The molecule has 0 radical (unpaired) electrons. The molecule has 1 aliphatic heterocycles. The average Bonchev–Trinajstić information content (AvgIpc) is 2.56. The normalized spacial score (nSPS) is 37.3. The number of aliphatic hydroxyl groups is 3. The van der Waals surface area contributed by atoms with Crippen molar-refractivity contribution in [3.05, 3.63) is 21.4 Å². The topological polar surface area (TPSA) is 90.6 Å². The number of aromatic nitrogens is 2. The largest absolute Gasteiger partial charge is 0.390 e. The number of rotatable bonds is 2. The molecule has 0 aliphatic carbocycles. The number of nitrogens with zero attached hydrogens (tertiary/aromatic N) is 1. The fourth-order valence-electron chi connectivity index (χ4n) is 2.04. The second kappa shape index (κ2) is 4.90. The standard InChI is InChI=1S/C10H12F2N2O4S2/c1-9(17)6(16)10(12,3-15)18-7(9)14-2-4(11)5(19)13-8(14)20/h2,6-7,15-17H,3H2,1H3,(H,13,19,20)/t6?,7-,9-,10-/m1/s1. The minimum Gasteiger partial charge on any atom is -0.390 e. The van der Waals surface area contributed by atoms with Crippen molar-refractivity contribution in [1.82, 2.24) is 9.55 Å². The fourth-order valence-corrected chi connectivity index (χ4v) is 2.50. The molecule has 0 amide bonds. The minimum atomic E-state index is -2.88. The Labute approximate surface area is 122 Å². The number of hydrogen-bond acceptors (Lipinski definition) is 6. The van der Waals surface area contributed by atoms with Gasteiger partial charge in [-0.2, -0.15) is 0 Å². The quantitative estimate of drug-likeness (QED) is 0.599. The summed E-state index contributed by atoms with van der Waals surface area (Å²) in [7, 11) is 0. The summed E-state index contributed by atoms with van der Waals surface area (Å²) in [5.41, 5.74) is -2.14. The van der Waals surface area contributed by atoms with Crippen LogP contribution in [0.3, 0.4) is 0 Å². The molecule has 2 heterocycles. The monoisotopic (exact) mass is 326 g/mol. The molecule has 0 saturated carbocycles. The number of ether oxygens (including phenoxy) is 1. The van der Waals surface area contributed by atoms with Crippen molar-refractivity contribution in [3.63, 3.8) is 0 Å². The molecule has 6 nitrogen and oxygen atoms in total. The summed E-state index contributed by atoms with van der Waals surface area (Å²) in [6.07, 6.45) is -2.75. The third kappa shape index (κ3) is 2.22. The molecule has 4 atom stereocenters. The number of nitrogens with one attached hydrogen (secondary N) is 1. The van der Waals surface area contributed by atoms with Gasteiger partial charge in [-0.15, -0.1) is 0 Å². The molecule has 1 aromatic heterocycles. The first-order chi connectivity index (χ1) is 9.13. The number of halogens is 2. The highest BCUT2D eigenvalue weighted by molar-refractivity contribution is 7.72. The third-order valence-electron chi connectivity index (χ3n) is 3.16. The summed E-state index contributed by atoms with van der Waals surface area (Å²) >= 11 is 9.55. The van der Waals surface area contributed by atoms with Crippen LogP contribution in [0.25, 0.3) is 0 Å². The zero-order chi connectivity index (χ0) is 15.3. The maximum absolute atomic E-state index is 14.1.